The number of benzene rings is 5. The number of hydrogen-bond donors (Lipinski definition) is 0. The van der Waals surface area contributed by atoms with E-state index in [2.05, 4.69) is 50.1 Å². The van der Waals surface area contributed by atoms with Crippen LogP contribution in [0.1, 0.15) is 109 Å². The number of esters is 2. The minimum Gasteiger partial charge on any atom is -0.467 e. The molecule has 0 unspecified atom stereocenters. The fourth-order valence-corrected chi connectivity index (χ4v) is 21.4. The van der Waals surface area contributed by atoms with Crippen LogP contribution in [-0.2, 0) is 122 Å². The van der Waals surface area contributed by atoms with Gasteiger partial charge in [0.25, 0.3) is 0 Å². The van der Waals surface area contributed by atoms with Gasteiger partial charge in [-0.05, 0) is 92.9 Å². The Hall–Kier alpha value is -9.27. The SMILES string of the molecule is COC(=O)[C@H]1O[C@@H](O[C@@H]2[C@@H](N=[N+]=[N-])[C@@H](OCCCCCN(Cc3ccccc3)C(=O)OCc3ccccc3)O[C@@H]3CO[Si](C(C)(C)C)(C(C)(C)C)O[C@@H]23)[C@@H](N=[N+]=[N-])[C@@H](N=[N+]=[N-])[C@@H]1O[C@H]1O[C@H](CO[C@@H]2O[C@H](C(=O)OC)[C@@H](O[Si](C)(C)C(C)(C)C)[C@H](N=[N+]=[N-])[C@@H]2N=[N+]=[N-])[C@@H](OCc2ccccc2)[C@H](OCc2ccccc2)[C@H]1OCc1ccccc1. The number of amides is 1. The molecule has 10 rings (SSSR count). The highest BCUT2D eigenvalue weighted by atomic mass is 28.4. The zero-order valence-corrected chi connectivity index (χ0v) is 71.3. The molecular weight excluding hydrogens is 1570 g/mol. The van der Waals surface area contributed by atoms with Crippen molar-refractivity contribution in [2.24, 2.45) is 25.6 Å². The Morgan fingerprint density at radius 1 is 0.471 bits per heavy atom. The van der Waals surface area contributed by atoms with E-state index in [0.29, 0.717) is 49.0 Å². The summed E-state index contributed by atoms with van der Waals surface area (Å²) in [4.78, 5) is 60.5. The Morgan fingerprint density at radius 2 is 0.908 bits per heavy atom. The van der Waals surface area contributed by atoms with E-state index in [9.17, 15) is 37.2 Å². The molecule has 640 valence electrons. The molecule has 0 bridgehead atoms. The summed E-state index contributed by atoms with van der Waals surface area (Å²) < 4.78 is 114. The van der Waals surface area contributed by atoms with Crippen molar-refractivity contribution in [2.75, 3.05) is 40.6 Å². The lowest BCUT2D eigenvalue weighted by Crippen LogP contribution is -2.72. The molecule has 0 aliphatic carbocycles. The summed E-state index contributed by atoms with van der Waals surface area (Å²) >= 11 is 0. The number of carbonyl (C=O) groups excluding carboxylic acids is 3. The second-order valence-electron chi connectivity index (χ2n) is 33.0. The molecular formula is C81H108N16O20Si2. The van der Waals surface area contributed by atoms with Crippen LogP contribution in [0, 0.1) is 0 Å². The van der Waals surface area contributed by atoms with Crippen molar-refractivity contribution < 1.29 is 94.0 Å². The summed E-state index contributed by atoms with van der Waals surface area (Å²) in [5, 5.41) is 19.1. The first-order valence-electron chi connectivity index (χ1n) is 39.6. The van der Waals surface area contributed by atoms with Crippen molar-refractivity contribution in [2.45, 2.75) is 265 Å². The molecule has 0 spiro atoms. The molecule has 20 atom stereocenters. The third-order valence-corrected chi connectivity index (χ3v) is 31.5. The minimum atomic E-state index is -3.54. The first kappa shape index (κ1) is 92.0. The minimum absolute atomic E-state index is 0.0353. The number of ether oxygens (including phenoxy) is 14. The number of nitrogens with zero attached hydrogens (tertiary/aromatic N) is 16. The average Bonchev–Trinajstić information content (AvgIpc) is 0.724. The molecule has 5 aliphatic rings. The Morgan fingerprint density at radius 3 is 1.41 bits per heavy atom. The maximum absolute atomic E-state index is 15.0. The largest absolute Gasteiger partial charge is 0.467 e. The van der Waals surface area contributed by atoms with Crippen LogP contribution in [-0.4, -0.2) is 203 Å². The van der Waals surface area contributed by atoms with Crippen molar-refractivity contribution in [3.8, 4) is 0 Å². The van der Waals surface area contributed by atoms with Crippen LogP contribution < -0.4 is 0 Å². The van der Waals surface area contributed by atoms with E-state index in [0.717, 1.165) is 25.3 Å². The van der Waals surface area contributed by atoms with Crippen LogP contribution in [0.4, 0.5) is 4.79 Å². The van der Waals surface area contributed by atoms with Gasteiger partial charge in [-0.15, -0.1) is 0 Å². The van der Waals surface area contributed by atoms with Gasteiger partial charge >= 0.3 is 26.6 Å². The van der Waals surface area contributed by atoms with Gasteiger partial charge < -0.3 is 84.5 Å². The number of fused-ring (bicyclic) bond motifs is 1. The highest BCUT2D eigenvalue weighted by molar-refractivity contribution is 6.74. The Kier molecular flexibility index (Phi) is 33.1. The van der Waals surface area contributed by atoms with E-state index in [4.69, 9.17) is 79.6 Å². The summed E-state index contributed by atoms with van der Waals surface area (Å²) in [5.74, 6) is -2.05. The number of unbranched alkanes of at least 4 members (excludes halogenated alkanes) is 2. The van der Waals surface area contributed by atoms with Gasteiger partial charge in [0.15, 0.2) is 45.7 Å². The Balaban J connectivity index is 1.02. The third-order valence-electron chi connectivity index (χ3n) is 21.9. The van der Waals surface area contributed by atoms with Gasteiger partial charge in [0.2, 0.25) is 0 Å². The monoisotopic (exact) mass is 1680 g/mol. The van der Waals surface area contributed by atoms with Crippen LogP contribution in [0.2, 0.25) is 28.2 Å². The molecule has 119 heavy (non-hydrogen) atoms. The van der Waals surface area contributed by atoms with Crippen LogP contribution in [0.5, 0.6) is 0 Å². The molecule has 5 saturated heterocycles. The van der Waals surface area contributed by atoms with Gasteiger partial charge in [-0.2, -0.15) is 0 Å². The van der Waals surface area contributed by atoms with Gasteiger partial charge in [0.1, 0.15) is 61.5 Å². The van der Waals surface area contributed by atoms with Crippen molar-refractivity contribution in [1.82, 2.24) is 4.90 Å². The predicted molar refractivity (Wildman–Crippen MR) is 435 cm³/mol. The molecule has 0 N–H and O–H groups in total. The molecule has 0 radical (unpaired) electrons. The van der Waals surface area contributed by atoms with Gasteiger partial charge in [-0.1, -0.05) is 240 Å². The molecule has 1 amide bonds. The lowest BCUT2D eigenvalue weighted by atomic mass is 9.92. The molecule has 5 aromatic carbocycles. The maximum Gasteiger partial charge on any atom is 0.410 e. The predicted octanol–water partition coefficient (Wildman–Crippen LogP) is 16.0. The smallest absolute Gasteiger partial charge is 0.410 e. The van der Waals surface area contributed by atoms with Crippen molar-refractivity contribution in [3.05, 3.63) is 232 Å². The second-order valence-corrected chi connectivity index (χ2v) is 42.5. The van der Waals surface area contributed by atoms with Crippen LogP contribution in [0.3, 0.4) is 0 Å². The van der Waals surface area contributed by atoms with E-state index in [1.807, 2.05) is 227 Å². The summed E-state index contributed by atoms with van der Waals surface area (Å²) in [6.07, 6.45) is -21.8. The highest BCUT2D eigenvalue weighted by Crippen LogP contribution is 2.56. The standard InChI is InChI=1S/C81H108N16O20Si2/c1-79(2,3)118(12,13)116-67-59(88-93-83)60(89-94-84)74(114-70(67)73(99)102-11)107-49-56-63(104-45-52-34-22-15-23-35-52)68(105-46-53-36-24-16-25-37-53)71(106-47-54-38-26-17-27-39-54)77(111-56)113-65-58(87-92-82)61(90-95-85)76(115-69(65)72(98)101-10)112-66-62(91-96-86)75(110-57-50-109-119(80(4,5)6,81(7,8)9)117-64(57)66)103-43-31-19-30-42-97(44-51-32-20-14-21-33-51)78(100)108-48-55-40-28-18-29-41-55/h14-18,20-29,32-41,56-71,74-77H,19,30-31,42-50H2,1-13H3/t56-,57-,58-,59-,60+,61+,62-,63-,64-,65+,66-,67+,68+,69+,70+,71-,74-,75+,76-,77-/m1/s1. The topological polar surface area (TPSA) is 455 Å². The summed E-state index contributed by atoms with van der Waals surface area (Å²) in [6.45, 7) is 21.5. The number of methoxy groups -OCH3 is 2. The zero-order chi connectivity index (χ0) is 85.5. The van der Waals surface area contributed by atoms with Gasteiger partial charge in [0, 0.05) is 54.3 Å². The second kappa shape index (κ2) is 42.8. The van der Waals surface area contributed by atoms with E-state index in [1.54, 1.807) is 4.90 Å². The summed E-state index contributed by atoms with van der Waals surface area (Å²) in [5.41, 5.74) is 56.6. The van der Waals surface area contributed by atoms with Crippen LogP contribution >= 0.6 is 0 Å². The molecule has 0 saturated carbocycles. The molecule has 5 aliphatic heterocycles. The fourth-order valence-electron chi connectivity index (χ4n) is 15.2. The maximum atomic E-state index is 15.0. The number of rotatable bonds is 36. The Labute approximate surface area is 693 Å². The van der Waals surface area contributed by atoms with Gasteiger partial charge in [0.05, 0.1) is 77.5 Å². The van der Waals surface area contributed by atoms with E-state index < -0.39 is 179 Å². The average molecular weight is 1680 g/mol. The number of hydrogen-bond acceptors (Lipinski definition) is 25. The fraction of sp³-hybridized carbons (Fsp3) is 0.593. The highest BCUT2D eigenvalue weighted by Gasteiger charge is 2.66. The van der Waals surface area contributed by atoms with E-state index in [1.165, 1.54) is 0 Å². The summed E-state index contributed by atoms with van der Waals surface area (Å²) in [6, 6.07) is 38.4. The molecule has 36 nitrogen and oxygen atoms in total. The summed E-state index contributed by atoms with van der Waals surface area (Å²) in [7, 11) is -4.22. The Bertz CT molecular complexity index is 4330. The van der Waals surface area contributed by atoms with E-state index >= 15 is 4.79 Å². The molecule has 0 aromatic heterocycles. The molecule has 5 heterocycles. The van der Waals surface area contributed by atoms with Crippen LogP contribution in [0.25, 0.3) is 52.2 Å². The molecule has 38 heteroatoms. The normalized spacial score (nSPS) is 28.1. The van der Waals surface area contributed by atoms with E-state index in [-0.39, 0.29) is 39.6 Å². The van der Waals surface area contributed by atoms with Crippen molar-refractivity contribution in [1.29, 1.82) is 0 Å². The molecule has 5 fully saturated rings. The van der Waals surface area contributed by atoms with Gasteiger partial charge in [-0.3, -0.25) is 0 Å². The van der Waals surface area contributed by atoms with Gasteiger partial charge in [-0.25, -0.2) is 14.4 Å². The number of azide groups is 5. The quantitative estimate of drug-likeness (QED) is 0.00683. The van der Waals surface area contributed by atoms with Crippen molar-refractivity contribution >= 4 is 34.9 Å². The zero-order valence-electron chi connectivity index (χ0n) is 69.3. The first-order chi connectivity index (χ1) is 57.1. The molecule has 5 aromatic rings. The lowest BCUT2D eigenvalue weighted by molar-refractivity contribution is -0.360. The van der Waals surface area contributed by atoms with Crippen molar-refractivity contribution in [3.63, 3.8) is 0 Å². The number of carbonyl (C=O) groups is 3. The third kappa shape index (κ3) is 23.3. The lowest BCUT2D eigenvalue weighted by Gasteiger charge is -2.58. The van der Waals surface area contributed by atoms with Crippen LogP contribution in [0.15, 0.2) is 177 Å². The first-order valence-corrected chi connectivity index (χ1v) is 44.3.